The van der Waals surface area contributed by atoms with Crippen LogP contribution in [0, 0.1) is 5.92 Å². The summed E-state index contributed by atoms with van der Waals surface area (Å²) in [4.78, 5) is 14.1. The van der Waals surface area contributed by atoms with Gasteiger partial charge in [0.25, 0.3) is 0 Å². The van der Waals surface area contributed by atoms with Gasteiger partial charge in [-0.15, -0.1) is 11.6 Å². The minimum atomic E-state index is -0.0432. The number of carbonyl (C=O) groups is 1. The summed E-state index contributed by atoms with van der Waals surface area (Å²) >= 11 is 5.81. The molecular formula is C18H24ClNO3. The van der Waals surface area contributed by atoms with E-state index in [1.165, 1.54) is 12.8 Å². The van der Waals surface area contributed by atoms with Crippen LogP contribution in [0.1, 0.15) is 31.7 Å². The van der Waals surface area contributed by atoms with Crippen LogP contribution >= 0.6 is 11.6 Å². The number of ether oxygens (including phenoxy) is 2. The van der Waals surface area contributed by atoms with Crippen molar-refractivity contribution in [3.8, 4) is 5.75 Å². The Hall–Kier alpha value is -1.26. The summed E-state index contributed by atoms with van der Waals surface area (Å²) in [6.07, 6.45) is 3.47. The topological polar surface area (TPSA) is 38.8 Å². The van der Waals surface area contributed by atoms with E-state index in [9.17, 15) is 4.79 Å². The van der Waals surface area contributed by atoms with Crippen molar-refractivity contribution in [1.82, 2.24) is 4.90 Å². The summed E-state index contributed by atoms with van der Waals surface area (Å²) in [5.41, 5.74) is 1.07. The fourth-order valence-corrected chi connectivity index (χ4v) is 3.18. The van der Waals surface area contributed by atoms with Crippen LogP contribution in [0.4, 0.5) is 0 Å². The van der Waals surface area contributed by atoms with Crippen LogP contribution in [-0.2, 0) is 16.1 Å². The largest absolute Gasteiger partial charge is 0.493 e. The van der Waals surface area contributed by atoms with Crippen LogP contribution in [0.25, 0.3) is 0 Å². The van der Waals surface area contributed by atoms with Crippen molar-refractivity contribution in [2.75, 3.05) is 19.1 Å². The molecule has 0 radical (unpaired) electrons. The fourth-order valence-electron chi connectivity index (χ4n) is 3.03. The molecule has 0 bridgehead atoms. The summed E-state index contributed by atoms with van der Waals surface area (Å²) < 4.78 is 11.4. The van der Waals surface area contributed by atoms with E-state index in [0.29, 0.717) is 13.2 Å². The number of hydrogen-bond donors (Lipinski definition) is 0. The second kappa shape index (κ2) is 7.54. The normalized spacial score (nSPS) is 23.7. The molecule has 0 unspecified atom stereocenters. The number of halogens is 1. The van der Waals surface area contributed by atoms with E-state index in [4.69, 9.17) is 21.1 Å². The van der Waals surface area contributed by atoms with E-state index in [-0.39, 0.29) is 23.9 Å². The molecule has 1 saturated carbocycles. The Morgan fingerprint density at radius 1 is 1.39 bits per heavy atom. The lowest BCUT2D eigenvalue weighted by Crippen LogP contribution is -2.44. The minimum Gasteiger partial charge on any atom is -0.493 e. The van der Waals surface area contributed by atoms with Crippen molar-refractivity contribution < 1.29 is 14.3 Å². The molecule has 4 nitrogen and oxygen atoms in total. The van der Waals surface area contributed by atoms with E-state index in [1.807, 2.05) is 36.1 Å². The van der Waals surface area contributed by atoms with Gasteiger partial charge in [-0.1, -0.05) is 12.1 Å². The van der Waals surface area contributed by atoms with E-state index in [0.717, 1.165) is 30.3 Å². The number of benzene rings is 1. The van der Waals surface area contributed by atoms with Gasteiger partial charge in [0.15, 0.2) is 0 Å². The second-order valence-corrected chi connectivity index (χ2v) is 6.76. The quantitative estimate of drug-likeness (QED) is 0.717. The summed E-state index contributed by atoms with van der Waals surface area (Å²) in [7, 11) is 0. The number of alkyl halides is 1. The lowest BCUT2D eigenvalue weighted by molar-refractivity contribution is -0.132. The van der Waals surface area contributed by atoms with Gasteiger partial charge in [0, 0.05) is 13.2 Å². The molecule has 1 aliphatic carbocycles. The van der Waals surface area contributed by atoms with Crippen LogP contribution in [0.5, 0.6) is 5.75 Å². The average molecular weight is 338 g/mol. The van der Waals surface area contributed by atoms with Crippen molar-refractivity contribution in [3.05, 3.63) is 29.8 Å². The molecule has 0 spiro atoms. The standard InChI is InChI=1S/C18H24ClNO3/c1-13-17(7-8-22-13)20(18(21)10-19)11-15-3-2-4-16(9-15)23-12-14-5-6-14/h2-4,9,13-14,17H,5-8,10-12H2,1H3/t13-,17-/m0/s1. The molecule has 1 aliphatic heterocycles. The van der Waals surface area contributed by atoms with E-state index < -0.39 is 0 Å². The van der Waals surface area contributed by atoms with Gasteiger partial charge in [-0.25, -0.2) is 0 Å². The zero-order valence-corrected chi connectivity index (χ0v) is 14.3. The molecule has 1 heterocycles. The molecule has 0 aromatic heterocycles. The van der Waals surface area contributed by atoms with E-state index in [1.54, 1.807) is 0 Å². The van der Waals surface area contributed by atoms with Crippen LogP contribution < -0.4 is 4.74 Å². The molecule has 3 rings (SSSR count). The number of hydrogen-bond acceptors (Lipinski definition) is 3. The molecular weight excluding hydrogens is 314 g/mol. The van der Waals surface area contributed by atoms with Gasteiger partial charge in [-0.2, -0.15) is 0 Å². The number of amides is 1. The molecule has 5 heteroatoms. The highest BCUT2D eigenvalue weighted by Gasteiger charge is 2.32. The van der Waals surface area contributed by atoms with E-state index in [2.05, 4.69) is 0 Å². The zero-order valence-electron chi connectivity index (χ0n) is 13.5. The van der Waals surface area contributed by atoms with Gasteiger partial charge >= 0.3 is 0 Å². The Balaban J connectivity index is 1.68. The lowest BCUT2D eigenvalue weighted by atomic mass is 10.1. The number of carbonyl (C=O) groups excluding carboxylic acids is 1. The van der Waals surface area contributed by atoms with Gasteiger partial charge in [0.05, 0.1) is 18.8 Å². The predicted octanol–water partition coefficient (Wildman–Crippen LogP) is 3.22. The van der Waals surface area contributed by atoms with Crippen molar-refractivity contribution in [1.29, 1.82) is 0 Å². The predicted molar refractivity (Wildman–Crippen MR) is 89.8 cm³/mol. The third-order valence-electron chi connectivity index (χ3n) is 4.61. The van der Waals surface area contributed by atoms with Gasteiger partial charge < -0.3 is 14.4 Å². The smallest absolute Gasteiger partial charge is 0.238 e. The minimum absolute atomic E-state index is 0.00108. The first-order chi connectivity index (χ1) is 11.2. The fraction of sp³-hybridized carbons (Fsp3) is 0.611. The molecule has 1 amide bonds. The summed E-state index contributed by atoms with van der Waals surface area (Å²) in [5.74, 6) is 1.56. The van der Waals surface area contributed by atoms with E-state index >= 15 is 0 Å². The van der Waals surface area contributed by atoms with Gasteiger partial charge in [0.2, 0.25) is 5.91 Å². The Morgan fingerprint density at radius 3 is 2.87 bits per heavy atom. The lowest BCUT2D eigenvalue weighted by Gasteiger charge is -2.30. The van der Waals surface area contributed by atoms with Gasteiger partial charge in [-0.3, -0.25) is 4.79 Å². The Morgan fingerprint density at radius 2 is 2.22 bits per heavy atom. The molecule has 1 saturated heterocycles. The maximum absolute atomic E-state index is 12.3. The van der Waals surface area contributed by atoms with Gasteiger partial charge in [0.1, 0.15) is 11.6 Å². The highest BCUT2D eigenvalue weighted by Crippen LogP contribution is 2.30. The first kappa shape index (κ1) is 16.6. The third-order valence-corrected chi connectivity index (χ3v) is 4.83. The molecule has 2 aliphatic rings. The van der Waals surface area contributed by atoms with Crippen molar-refractivity contribution in [2.24, 2.45) is 5.92 Å². The van der Waals surface area contributed by atoms with Crippen molar-refractivity contribution in [2.45, 2.75) is 44.9 Å². The van der Waals surface area contributed by atoms with Crippen molar-refractivity contribution in [3.63, 3.8) is 0 Å². The summed E-state index contributed by atoms with van der Waals surface area (Å²) in [6, 6.07) is 8.10. The first-order valence-corrected chi connectivity index (χ1v) is 8.89. The monoisotopic (exact) mass is 337 g/mol. The van der Waals surface area contributed by atoms with Gasteiger partial charge in [-0.05, 0) is 49.8 Å². The Bertz CT molecular complexity index is 547. The molecule has 0 N–H and O–H groups in total. The third kappa shape index (κ3) is 4.39. The molecule has 1 aromatic carbocycles. The summed E-state index contributed by atoms with van der Waals surface area (Å²) in [6.45, 7) is 4.05. The Labute approximate surface area is 142 Å². The highest BCUT2D eigenvalue weighted by molar-refractivity contribution is 6.27. The molecule has 126 valence electrons. The van der Waals surface area contributed by atoms with Crippen LogP contribution in [0.15, 0.2) is 24.3 Å². The Kier molecular flexibility index (Phi) is 5.44. The van der Waals surface area contributed by atoms with Crippen LogP contribution in [0.3, 0.4) is 0 Å². The average Bonchev–Trinajstić information content (AvgIpc) is 3.31. The number of rotatable bonds is 7. The zero-order chi connectivity index (χ0) is 16.2. The highest BCUT2D eigenvalue weighted by atomic mass is 35.5. The number of nitrogens with zero attached hydrogens (tertiary/aromatic N) is 1. The molecule has 2 atom stereocenters. The molecule has 1 aromatic rings. The summed E-state index contributed by atoms with van der Waals surface area (Å²) in [5, 5.41) is 0. The molecule has 2 fully saturated rings. The van der Waals surface area contributed by atoms with Crippen LogP contribution in [-0.4, -0.2) is 42.0 Å². The SMILES string of the molecule is C[C@@H]1OCC[C@@H]1N(Cc1cccc(OCC2CC2)c1)C(=O)CCl. The molecule has 23 heavy (non-hydrogen) atoms. The first-order valence-electron chi connectivity index (χ1n) is 8.36. The second-order valence-electron chi connectivity index (χ2n) is 6.49. The van der Waals surface area contributed by atoms with Crippen LogP contribution in [0.2, 0.25) is 0 Å². The maximum atomic E-state index is 12.3. The maximum Gasteiger partial charge on any atom is 0.238 e. The van der Waals surface area contributed by atoms with Crippen molar-refractivity contribution >= 4 is 17.5 Å².